The van der Waals surface area contributed by atoms with Gasteiger partial charge in [-0.05, 0) is 31.0 Å². The number of rotatable bonds is 6. The lowest BCUT2D eigenvalue weighted by atomic mass is 10.2. The van der Waals surface area contributed by atoms with Gasteiger partial charge in [-0.3, -0.25) is 0 Å². The van der Waals surface area contributed by atoms with Crippen LogP contribution in [0, 0.1) is 11.3 Å². The number of likely N-dealkylation sites (N-methyl/N-ethyl adjacent to an activating group) is 1. The van der Waals surface area contributed by atoms with Gasteiger partial charge >= 0.3 is 6.09 Å². The van der Waals surface area contributed by atoms with Gasteiger partial charge in [0.2, 0.25) is 5.95 Å². The molecule has 0 spiro atoms. The number of amides is 1. The van der Waals surface area contributed by atoms with E-state index in [1.807, 2.05) is 18.2 Å². The fourth-order valence-electron chi connectivity index (χ4n) is 3.30. The summed E-state index contributed by atoms with van der Waals surface area (Å²) >= 11 is 0. The van der Waals surface area contributed by atoms with Crippen LogP contribution < -0.4 is 10.2 Å². The monoisotopic (exact) mass is 380 g/mol. The molecule has 1 saturated heterocycles. The number of aryl methyl sites for hydroxylation is 1. The highest BCUT2D eigenvalue weighted by Gasteiger charge is 2.29. The molecule has 1 aliphatic rings. The molecule has 1 unspecified atom stereocenters. The molecule has 1 aromatic heterocycles. The summed E-state index contributed by atoms with van der Waals surface area (Å²) in [6.45, 7) is 3.45. The van der Waals surface area contributed by atoms with Gasteiger partial charge in [0.15, 0.2) is 0 Å². The van der Waals surface area contributed by atoms with Crippen molar-refractivity contribution >= 4 is 23.5 Å². The van der Waals surface area contributed by atoms with Crippen LogP contribution in [-0.2, 0) is 6.42 Å². The zero-order valence-electron chi connectivity index (χ0n) is 16.1. The molecule has 1 atom stereocenters. The normalized spacial score (nSPS) is 15.9. The molecule has 146 valence electrons. The summed E-state index contributed by atoms with van der Waals surface area (Å²) in [6.07, 6.45) is 1.64. The molecule has 1 aliphatic heterocycles. The maximum absolute atomic E-state index is 11.2. The highest BCUT2D eigenvalue weighted by molar-refractivity contribution is 5.65. The lowest BCUT2D eigenvalue weighted by molar-refractivity contribution is 0.142. The number of aromatic nitrogens is 2. The average Bonchev–Trinajstić information content (AvgIpc) is 3.17. The third-order valence-electron chi connectivity index (χ3n) is 4.86. The molecule has 2 aromatic rings. The number of hydrogen-bond donors (Lipinski definition) is 2. The molecule has 3 rings (SSSR count). The summed E-state index contributed by atoms with van der Waals surface area (Å²) in [4.78, 5) is 23.9. The number of nitriles is 1. The van der Waals surface area contributed by atoms with Crippen molar-refractivity contribution < 1.29 is 9.90 Å². The number of hydrogen-bond acceptors (Lipinski definition) is 6. The minimum Gasteiger partial charge on any atom is -0.465 e. The fraction of sp³-hybridized carbons (Fsp3) is 0.400. The molecule has 8 heteroatoms. The van der Waals surface area contributed by atoms with Crippen molar-refractivity contribution in [3.8, 4) is 6.07 Å². The van der Waals surface area contributed by atoms with Crippen molar-refractivity contribution in [2.24, 2.45) is 0 Å². The molecular formula is C20H24N6O2. The van der Waals surface area contributed by atoms with E-state index in [2.05, 4.69) is 33.2 Å². The molecular weight excluding hydrogens is 356 g/mol. The Morgan fingerprint density at radius 2 is 2.25 bits per heavy atom. The lowest BCUT2D eigenvalue weighted by Gasteiger charge is -2.23. The van der Waals surface area contributed by atoms with Gasteiger partial charge in [0, 0.05) is 37.6 Å². The van der Waals surface area contributed by atoms with Crippen LogP contribution >= 0.6 is 0 Å². The Labute approximate surface area is 164 Å². The van der Waals surface area contributed by atoms with Gasteiger partial charge in [-0.15, -0.1) is 0 Å². The van der Waals surface area contributed by atoms with Gasteiger partial charge in [-0.1, -0.05) is 19.4 Å². The van der Waals surface area contributed by atoms with Crippen molar-refractivity contribution in [1.29, 1.82) is 5.26 Å². The van der Waals surface area contributed by atoms with E-state index >= 15 is 0 Å². The van der Waals surface area contributed by atoms with Crippen LogP contribution in [0.1, 0.15) is 31.0 Å². The minimum absolute atomic E-state index is 0.0502. The van der Waals surface area contributed by atoms with Crippen molar-refractivity contribution in [2.75, 3.05) is 30.4 Å². The van der Waals surface area contributed by atoms with E-state index in [1.54, 1.807) is 19.2 Å². The summed E-state index contributed by atoms with van der Waals surface area (Å²) in [6, 6.07) is 11.2. The predicted octanol–water partition coefficient (Wildman–Crippen LogP) is 3.23. The second kappa shape index (κ2) is 8.57. The van der Waals surface area contributed by atoms with E-state index < -0.39 is 6.09 Å². The first-order valence-electron chi connectivity index (χ1n) is 9.36. The second-order valence-corrected chi connectivity index (χ2v) is 6.89. The van der Waals surface area contributed by atoms with E-state index in [4.69, 9.17) is 5.26 Å². The number of benzene rings is 1. The Morgan fingerprint density at radius 1 is 1.43 bits per heavy atom. The van der Waals surface area contributed by atoms with Crippen LogP contribution in [0.25, 0.3) is 0 Å². The summed E-state index contributed by atoms with van der Waals surface area (Å²) in [5, 5.41) is 21.5. The SMILES string of the molecule is CCCc1cc(N2CCC(N(C)C(=O)O)C2)nc(Nc2cccc(C#N)c2)n1. The van der Waals surface area contributed by atoms with E-state index in [-0.39, 0.29) is 6.04 Å². The van der Waals surface area contributed by atoms with Crippen molar-refractivity contribution in [1.82, 2.24) is 14.9 Å². The van der Waals surface area contributed by atoms with Gasteiger partial charge in [0.05, 0.1) is 17.7 Å². The van der Waals surface area contributed by atoms with Gasteiger partial charge in [0.1, 0.15) is 5.82 Å². The topological polar surface area (TPSA) is 105 Å². The number of anilines is 3. The maximum Gasteiger partial charge on any atom is 0.407 e. The maximum atomic E-state index is 11.2. The first kappa shape index (κ1) is 19.4. The molecule has 28 heavy (non-hydrogen) atoms. The fourth-order valence-corrected chi connectivity index (χ4v) is 3.30. The number of carbonyl (C=O) groups is 1. The van der Waals surface area contributed by atoms with E-state index in [0.29, 0.717) is 18.1 Å². The second-order valence-electron chi connectivity index (χ2n) is 6.89. The standard InChI is InChI=1S/C20H24N6O2/c1-3-5-15-11-18(26-9-8-17(13-26)25(2)20(27)28)24-19(22-15)23-16-7-4-6-14(10-16)12-21/h4,6-7,10-11,17H,3,5,8-9,13H2,1-2H3,(H,27,28)(H,22,23,24). The molecule has 0 aliphatic carbocycles. The summed E-state index contributed by atoms with van der Waals surface area (Å²) in [5.74, 6) is 1.27. The molecule has 8 nitrogen and oxygen atoms in total. The minimum atomic E-state index is -0.916. The van der Waals surface area contributed by atoms with Crippen molar-refractivity contribution in [3.05, 3.63) is 41.6 Å². The molecule has 2 heterocycles. The molecule has 2 N–H and O–H groups in total. The van der Waals surface area contributed by atoms with Crippen LogP contribution in [0.5, 0.6) is 0 Å². The van der Waals surface area contributed by atoms with Crippen LogP contribution in [0.4, 0.5) is 22.2 Å². The van der Waals surface area contributed by atoms with E-state index in [0.717, 1.165) is 43.0 Å². The molecule has 0 radical (unpaired) electrons. The molecule has 0 bridgehead atoms. The molecule has 0 saturated carbocycles. The summed E-state index contributed by atoms with van der Waals surface area (Å²) < 4.78 is 0. The van der Waals surface area contributed by atoms with E-state index in [1.165, 1.54) is 4.90 Å². The van der Waals surface area contributed by atoms with Crippen molar-refractivity contribution in [3.63, 3.8) is 0 Å². The average molecular weight is 380 g/mol. The Balaban J connectivity index is 1.83. The molecule has 1 fully saturated rings. The van der Waals surface area contributed by atoms with Gasteiger partial charge in [-0.25, -0.2) is 9.78 Å². The zero-order chi connectivity index (χ0) is 20.1. The first-order chi connectivity index (χ1) is 13.5. The first-order valence-corrected chi connectivity index (χ1v) is 9.36. The zero-order valence-corrected chi connectivity index (χ0v) is 16.1. The largest absolute Gasteiger partial charge is 0.465 e. The molecule has 1 amide bonds. The Hall–Kier alpha value is -3.34. The lowest BCUT2D eigenvalue weighted by Crippen LogP contribution is -2.38. The third-order valence-corrected chi connectivity index (χ3v) is 4.86. The number of nitrogens with zero attached hydrogens (tertiary/aromatic N) is 5. The van der Waals surface area contributed by atoms with Gasteiger partial charge in [-0.2, -0.15) is 10.2 Å². The van der Waals surface area contributed by atoms with Gasteiger partial charge < -0.3 is 20.2 Å². The summed E-state index contributed by atoms with van der Waals surface area (Å²) in [7, 11) is 1.61. The van der Waals surface area contributed by atoms with Crippen LogP contribution in [0.2, 0.25) is 0 Å². The number of nitrogens with one attached hydrogen (secondary N) is 1. The van der Waals surface area contributed by atoms with Gasteiger partial charge in [0.25, 0.3) is 0 Å². The number of carboxylic acid groups (broad SMARTS) is 1. The van der Waals surface area contributed by atoms with Crippen LogP contribution in [0.3, 0.4) is 0 Å². The summed E-state index contributed by atoms with van der Waals surface area (Å²) in [5.41, 5.74) is 2.25. The molecule has 1 aromatic carbocycles. The van der Waals surface area contributed by atoms with Crippen molar-refractivity contribution in [2.45, 2.75) is 32.2 Å². The van der Waals surface area contributed by atoms with E-state index in [9.17, 15) is 9.90 Å². The Morgan fingerprint density at radius 3 is 2.96 bits per heavy atom. The van der Waals surface area contributed by atoms with Crippen LogP contribution in [0.15, 0.2) is 30.3 Å². The highest BCUT2D eigenvalue weighted by atomic mass is 16.4. The van der Waals surface area contributed by atoms with Crippen LogP contribution in [-0.4, -0.2) is 52.2 Å². The smallest absolute Gasteiger partial charge is 0.407 e. The third kappa shape index (κ3) is 4.49. The highest BCUT2D eigenvalue weighted by Crippen LogP contribution is 2.24. The predicted molar refractivity (Wildman–Crippen MR) is 107 cm³/mol. The Kier molecular flexibility index (Phi) is 5.94. The Bertz CT molecular complexity index is 895. The quantitative estimate of drug-likeness (QED) is 0.792.